The Hall–Kier alpha value is -0.780. The minimum absolute atomic E-state index is 0.314. The number of carbonyl (C=O) groups excluding carboxylic acids is 1. The van der Waals surface area contributed by atoms with E-state index in [1.807, 2.05) is 0 Å². The number of rotatable bonds is 4. The molecule has 1 amide bonds. The van der Waals surface area contributed by atoms with Crippen molar-refractivity contribution >= 4 is 28.0 Å². The van der Waals surface area contributed by atoms with E-state index in [0.717, 1.165) is 0 Å². The van der Waals surface area contributed by atoms with Crippen molar-refractivity contribution in [2.75, 3.05) is 5.33 Å². The van der Waals surface area contributed by atoms with Gasteiger partial charge in [0.1, 0.15) is 11.6 Å². The Morgan fingerprint density at radius 1 is 1.47 bits per heavy atom. The van der Waals surface area contributed by atoms with E-state index in [4.69, 9.17) is 9.84 Å². The first-order valence-electron chi connectivity index (χ1n) is 4.54. The number of carboxylic acid groups (broad SMARTS) is 1. The fourth-order valence-corrected chi connectivity index (χ4v) is 1.27. The second-order valence-corrected chi connectivity index (χ2v) is 4.81. The second kappa shape index (κ2) is 5.95. The van der Waals surface area contributed by atoms with Crippen LogP contribution in [0.4, 0.5) is 4.79 Å². The molecule has 0 unspecified atom stereocenters. The highest BCUT2D eigenvalue weighted by atomic mass is 79.9. The van der Waals surface area contributed by atoms with Crippen molar-refractivity contribution in [1.82, 2.24) is 5.32 Å². The topological polar surface area (TPSA) is 75.6 Å². The van der Waals surface area contributed by atoms with Gasteiger partial charge in [0.05, 0.1) is 0 Å². The number of hydrogen-bond acceptors (Lipinski definition) is 3. The normalized spacial score (nSPS) is 13.1. The van der Waals surface area contributed by atoms with E-state index in [1.54, 1.807) is 20.8 Å². The number of hydrogen-bond donors (Lipinski definition) is 2. The van der Waals surface area contributed by atoms with Gasteiger partial charge in [-0.2, -0.15) is 0 Å². The molecule has 0 radical (unpaired) electrons. The maximum absolute atomic E-state index is 11.2. The highest BCUT2D eigenvalue weighted by Crippen LogP contribution is 2.07. The summed E-state index contributed by atoms with van der Waals surface area (Å²) in [5.41, 5.74) is -0.623. The summed E-state index contributed by atoms with van der Waals surface area (Å²) < 4.78 is 4.94. The summed E-state index contributed by atoms with van der Waals surface area (Å²) in [7, 11) is 0. The maximum atomic E-state index is 11.2. The fraction of sp³-hybridized carbons (Fsp3) is 0.778. The van der Waals surface area contributed by atoms with Gasteiger partial charge in [-0.1, -0.05) is 15.9 Å². The first-order valence-corrected chi connectivity index (χ1v) is 5.66. The standard InChI is InChI=1S/C9H16BrNO4/c1-9(2,3)15-8(14)11-6(4-5-10)7(12)13/h6H,4-5H2,1-3H3,(H,11,14)(H,12,13)/t6-/m0/s1. The molecular formula is C9H16BrNO4. The Labute approximate surface area is 97.3 Å². The first-order chi connectivity index (χ1) is 6.76. The summed E-state index contributed by atoms with van der Waals surface area (Å²) in [6, 6.07) is -0.917. The maximum Gasteiger partial charge on any atom is 0.408 e. The number of amides is 1. The Morgan fingerprint density at radius 3 is 2.33 bits per heavy atom. The highest BCUT2D eigenvalue weighted by molar-refractivity contribution is 9.09. The molecule has 0 aromatic carbocycles. The van der Waals surface area contributed by atoms with Gasteiger partial charge < -0.3 is 15.2 Å². The second-order valence-electron chi connectivity index (χ2n) is 4.01. The molecule has 1 atom stereocenters. The molecule has 0 saturated heterocycles. The molecular weight excluding hydrogens is 266 g/mol. The van der Waals surface area contributed by atoms with Crippen LogP contribution in [0, 0.1) is 0 Å². The Balaban J connectivity index is 4.18. The lowest BCUT2D eigenvalue weighted by Crippen LogP contribution is -2.43. The quantitative estimate of drug-likeness (QED) is 0.770. The van der Waals surface area contributed by atoms with E-state index in [2.05, 4.69) is 21.2 Å². The lowest BCUT2D eigenvalue weighted by atomic mass is 10.2. The summed E-state index contributed by atoms with van der Waals surface area (Å²) in [4.78, 5) is 21.9. The van der Waals surface area contributed by atoms with E-state index in [1.165, 1.54) is 0 Å². The molecule has 0 aliphatic rings. The lowest BCUT2D eigenvalue weighted by Gasteiger charge is -2.21. The van der Waals surface area contributed by atoms with Crippen LogP contribution in [0.2, 0.25) is 0 Å². The van der Waals surface area contributed by atoms with Crippen molar-refractivity contribution in [3.63, 3.8) is 0 Å². The molecule has 0 spiro atoms. The fourth-order valence-electron chi connectivity index (χ4n) is 0.816. The third-order valence-electron chi connectivity index (χ3n) is 1.39. The van der Waals surface area contributed by atoms with Gasteiger partial charge in [-0.25, -0.2) is 9.59 Å². The number of halogens is 1. The Morgan fingerprint density at radius 2 is 2.00 bits per heavy atom. The van der Waals surface area contributed by atoms with Crippen molar-refractivity contribution in [2.45, 2.75) is 38.8 Å². The monoisotopic (exact) mass is 281 g/mol. The number of alkyl carbamates (subject to hydrolysis) is 1. The summed E-state index contributed by atoms with van der Waals surface area (Å²) in [6.45, 7) is 5.15. The van der Waals surface area contributed by atoms with Crippen molar-refractivity contribution < 1.29 is 19.4 Å². The van der Waals surface area contributed by atoms with Gasteiger partial charge in [0.15, 0.2) is 0 Å². The van der Waals surface area contributed by atoms with Gasteiger partial charge in [0.2, 0.25) is 0 Å². The smallest absolute Gasteiger partial charge is 0.408 e. The summed E-state index contributed by atoms with van der Waals surface area (Å²) >= 11 is 3.11. The number of carbonyl (C=O) groups is 2. The van der Waals surface area contributed by atoms with Crippen LogP contribution in [0.5, 0.6) is 0 Å². The Kier molecular flexibility index (Phi) is 5.64. The van der Waals surface area contributed by atoms with Crippen LogP contribution in [0.1, 0.15) is 27.2 Å². The van der Waals surface area contributed by atoms with Crippen LogP contribution in [0.25, 0.3) is 0 Å². The number of aliphatic carboxylic acids is 1. The zero-order chi connectivity index (χ0) is 12.1. The van der Waals surface area contributed by atoms with Gasteiger partial charge >= 0.3 is 12.1 Å². The van der Waals surface area contributed by atoms with Gasteiger partial charge in [-0.15, -0.1) is 0 Å². The third-order valence-corrected chi connectivity index (χ3v) is 1.84. The van der Waals surface area contributed by atoms with Gasteiger partial charge in [-0.05, 0) is 27.2 Å². The predicted molar refractivity (Wildman–Crippen MR) is 59.2 cm³/mol. The summed E-state index contributed by atoms with van der Waals surface area (Å²) in [5, 5.41) is 11.5. The molecule has 6 heteroatoms. The van der Waals surface area contributed by atoms with Gasteiger partial charge in [0, 0.05) is 5.33 Å². The molecule has 0 aromatic rings. The minimum Gasteiger partial charge on any atom is -0.480 e. The minimum atomic E-state index is -1.07. The number of ether oxygens (including phenoxy) is 1. The molecule has 0 bridgehead atoms. The molecule has 0 aliphatic carbocycles. The zero-order valence-electron chi connectivity index (χ0n) is 9.04. The van der Waals surface area contributed by atoms with E-state index < -0.39 is 23.7 Å². The van der Waals surface area contributed by atoms with Crippen LogP contribution in [0.15, 0.2) is 0 Å². The van der Waals surface area contributed by atoms with Crippen LogP contribution >= 0.6 is 15.9 Å². The molecule has 88 valence electrons. The molecule has 0 aliphatic heterocycles. The van der Waals surface area contributed by atoms with E-state index in [0.29, 0.717) is 11.8 Å². The van der Waals surface area contributed by atoms with Crippen LogP contribution in [-0.2, 0) is 9.53 Å². The predicted octanol–water partition coefficient (Wildman–Crippen LogP) is 1.75. The molecule has 2 N–H and O–H groups in total. The van der Waals surface area contributed by atoms with E-state index in [-0.39, 0.29) is 0 Å². The SMILES string of the molecule is CC(C)(C)OC(=O)N[C@@H](CCBr)C(=O)O. The van der Waals surface area contributed by atoms with Crippen LogP contribution < -0.4 is 5.32 Å². The van der Waals surface area contributed by atoms with Crippen molar-refractivity contribution in [2.24, 2.45) is 0 Å². The average molecular weight is 282 g/mol. The molecule has 0 aromatic heterocycles. The van der Waals surface area contributed by atoms with Crippen LogP contribution in [-0.4, -0.2) is 34.1 Å². The molecule has 0 fully saturated rings. The molecule has 15 heavy (non-hydrogen) atoms. The van der Waals surface area contributed by atoms with E-state index in [9.17, 15) is 9.59 Å². The lowest BCUT2D eigenvalue weighted by molar-refractivity contribution is -0.139. The highest BCUT2D eigenvalue weighted by Gasteiger charge is 2.23. The summed E-state index contributed by atoms with van der Waals surface area (Å²) in [5.74, 6) is -1.07. The molecule has 5 nitrogen and oxygen atoms in total. The third kappa shape index (κ3) is 7.18. The van der Waals surface area contributed by atoms with Crippen molar-refractivity contribution in [1.29, 1.82) is 0 Å². The number of nitrogens with one attached hydrogen (secondary N) is 1. The van der Waals surface area contributed by atoms with Gasteiger partial charge in [0.25, 0.3) is 0 Å². The van der Waals surface area contributed by atoms with Crippen molar-refractivity contribution in [3.05, 3.63) is 0 Å². The zero-order valence-corrected chi connectivity index (χ0v) is 10.6. The first kappa shape index (κ1) is 14.2. The molecule has 0 heterocycles. The largest absolute Gasteiger partial charge is 0.480 e. The molecule has 0 saturated carbocycles. The van der Waals surface area contributed by atoms with E-state index >= 15 is 0 Å². The number of alkyl halides is 1. The van der Waals surface area contributed by atoms with Gasteiger partial charge in [-0.3, -0.25) is 0 Å². The average Bonchev–Trinajstić information content (AvgIpc) is 1.99. The Bertz CT molecular complexity index is 237. The number of carboxylic acids is 1. The molecule has 0 rings (SSSR count). The van der Waals surface area contributed by atoms with Crippen molar-refractivity contribution in [3.8, 4) is 0 Å². The summed E-state index contributed by atoms with van der Waals surface area (Å²) in [6.07, 6.45) is -0.398. The van der Waals surface area contributed by atoms with Crippen LogP contribution in [0.3, 0.4) is 0 Å².